The number of hydrogen-bond donors (Lipinski definition) is 5. The molecule has 0 aliphatic heterocycles. The van der Waals surface area contributed by atoms with Gasteiger partial charge in [-0.05, 0) is 18.2 Å². The Bertz CT molecular complexity index is 1220. The maximum Gasteiger partial charge on any atom is 0.147 e. The molecule has 0 aliphatic rings. The fraction of sp³-hybridized carbons (Fsp3) is 0. The molecule has 25 heavy (non-hydrogen) atoms. The zero-order valence-corrected chi connectivity index (χ0v) is 12.9. The zero-order chi connectivity index (χ0) is 17.9. The van der Waals surface area contributed by atoms with Crippen molar-refractivity contribution < 1.29 is 0 Å². The third kappa shape index (κ3) is 1.91. The molecule has 0 saturated carbocycles. The maximum absolute atomic E-state index is 9.26. The van der Waals surface area contributed by atoms with Gasteiger partial charge in [-0.25, -0.2) is 15.0 Å². The van der Waals surface area contributed by atoms with Crippen LogP contribution in [0.5, 0.6) is 0 Å². The molecule has 3 heterocycles. The Labute approximate surface area is 141 Å². The van der Waals surface area contributed by atoms with E-state index in [2.05, 4.69) is 15.0 Å². The van der Waals surface area contributed by atoms with Gasteiger partial charge >= 0.3 is 0 Å². The van der Waals surface area contributed by atoms with Gasteiger partial charge in [-0.15, -0.1) is 0 Å². The lowest BCUT2D eigenvalue weighted by molar-refractivity contribution is 1.35. The molecule has 4 aromatic rings. The topological polar surface area (TPSA) is 193 Å². The predicted molar refractivity (Wildman–Crippen MR) is 99.1 cm³/mol. The van der Waals surface area contributed by atoms with Crippen LogP contribution in [0.15, 0.2) is 18.2 Å². The normalized spacial score (nSPS) is 11.2. The lowest BCUT2D eigenvalue weighted by Crippen LogP contribution is -2.03. The molecule has 9 nitrogen and oxygen atoms in total. The van der Waals surface area contributed by atoms with Crippen molar-refractivity contribution in [2.24, 2.45) is 0 Å². The van der Waals surface area contributed by atoms with Gasteiger partial charge < -0.3 is 28.7 Å². The summed E-state index contributed by atoms with van der Waals surface area (Å²) < 4.78 is 0. The Morgan fingerprint density at radius 2 is 1.12 bits per heavy atom. The minimum Gasteiger partial charge on any atom is -0.396 e. The van der Waals surface area contributed by atoms with Gasteiger partial charge in [0.25, 0.3) is 0 Å². The second-order valence-corrected chi connectivity index (χ2v) is 5.65. The molecule has 10 N–H and O–H groups in total. The number of hydrogen-bond acceptors (Lipinski definition) is 9. The number of nitriles is 1. The van der Waals surface area contributed by atoms with Crippen LogP contribution >= 0.6 is 0 Å². The lowest BCUT2D eigenvalue weighted by atomic mass is 10.0. The number of aromatic nitrogens is 3. The molecule has 0 saturated heterocycles. The van der Waals surface area contributed by atoms with Crippen molar-refractivity contribution in [3.8, 4) is 6.07 Å². The average Bonchev–Trinajstić information content (AvgIpc) is 2.58. The molecule has 0 fully saturated rings. The van der Waals surface area contributed by atoms with Crippen molar-refractivity contribution in [2.75, 3.05) is 28.7 Å². The Kier molecular flexibility index (Phi) is 2.74. The van der Waals surface area contributed by atoms with Crippen LogP contribution in [0, 0.1) is 11.3 Å². The molecule has 0 aliphatic carbocycles. The Morgan fingerprint density at radius 3 is 1.72 bits per heavy atom. The van der Waals surface area contributed by atoms with Crippen molar-refractivity contribution in [3.05, 3.63) is 23.8 Å². The maximum atomic E-state index is 9.26. The summed E-state index contributed by atoms with van der Waals surface area (Å²) in [5.41, 5.74) is 31.8. The third-order valence-corrected chi connectivity index (χ3v) is 4.11. The minimum absolute atomic E-state index is 0.0938. The largest absolute Gasteiger partial charge is 0.396 e. The van der Waals surface area contributed by atoms with Crippen LogP contribution in [0.2, 0.25) is 0 Å². The molecule has 0 atom stereocenters. The van der Waals surface area contributed by atoms with Gasteiger partial charge in [-0.1, -0.05) is 0 Å². The number of nitrogen functional groups attached to an aromatic ring is 5. The summed E-state index contributed by atoms with van der Waals surface area (Å²) >= 11 is 0. The van der Waals surface area contributed by atoms with Gasteiger partial charge in [0, 0.05) is 16.2 Å². The minimum atomic E-state index is 0.0938. The van der Waals surface area contributed by atoms with E-state index in [0.717, 1.165) is 0 Å². The first-order valence-electron chi connectivity index (χ1n) is 7.24. The summed E-state index contributed by atoms with van der Waals surface area (Å²) in [6, 6.07) is 7.00. The summed E-state index contributed by atoms with van der Waals surface area (Å²) in [4.78, 5) is 13.1. The van der Waals surface area contributed by atoms with Crippen molar-refractivity contribution in [1.82, 2.24) is 15.0 Å². The van der Waals surface area contributed by atoms with E-state index in [-0.39, 0.29) is 23.0 Å². The predicted octanol–water partition coefficient (Wildman–Crippen LogP) is 1.11. The molecular weight excluding hydrogens is 318 g/mol. The van der Waals surface area contributed by atoms with Crippen molar-refractivity contribution in [1.29, 1.82) is 5.26 Å². The number of pyridine rings is 3. The number of rotatable bonds is 0. The first-order chi connectivity index (χ1) is 11.9. The summed E-state index contributed by atoms with van der Waals surface area (Å²) in [5.74, 6) is 0.449. The van der Waals surface area contributed by atoms with E-state index in [4.69, 9.17) is 28.7 Å². The van der Waals surface area contributed by atoms with E-state index in [0.29, 0.717) is 44.1 Å². The van der Waals surface area contributed by atoms with Crippen molar-refractivity contribution >= 4 is 61.5 Å². The highest BCUT2D eigenvalue weighted by atomic mass is 14.9. The van der Waals surface area contributed by atoms with Crippen LogP contribution in [0.1, 0.15) is 5.56 Å². The first kappa shape index (κ1) is 14.5. The standard InChI is InChI=1S/C16H13N9/c17-4-5-1-8-11-6(2-9(18)15(21)23-11)7-3-10(19)16(22)25-12(7)13(8)24-14(5)20/h1-3H,18-19H2,(H2,20,24)(H2,21,23)(H2,22,25). The second kappa shape index (κ2) is 4.72. The summed E-state index contributed by atoms with van der Waals surface area (Å²) in [6.45, 7) is 0. The third-order valence-electron chi connectivity index (χ3n) is 4.11. The molecule has 4 rings (SSSR count). The van der Waals surface area contributed by atoms with E-state index >= 15 is 0 Å². The van der Waals surface area contributed by atoms with Crippen LogP contribution in [0.25, 0.3) is 32.7 Å². The quantitative estimate of drug-likeness (QED) is 0.293. The lowest BCUT2D eigenvalue weighted by Gasteiger charge is -2.12. The number of benzene rings is 1. The number of nitrogens with two attached hydrogens (primary N) is 5. The van der Waals surface area contributed by atoms with E-state index in [9.17, 15) is 5.26 Å². The van der Waals surface area contributed by atoms with Crippen LogP contribution in [0.4, 0.5) is 28.8 Å². The first-order valence-corrected chi connectivity index (χ1v) is 7.24. The molecule has 1 aromatic carbocycles. The van der Waals surface area contributed by atoms with E-state index in [1.54, 1.807) is 18.2 Å². The molecule has 0 spiro atoms. The molecular formula is C16H13N9. The fourth-order valence-electron chi connectivity index (χ4n) is 2.86. The van der Waals surface area contributed by atoms with Gasteiger partial charge in [0.05, 0.1) is 28.0 Å². The number of nitrogens with zero attached hydrogens (tertiary/aromatic N) is 4. The molecule has 3 aromatic heterocycles. The monoisotopic (exact) mass is 331 g/mol. The van der Waals surface area contributed by atoms with Crippen LogP contribution in [0.3, 0.4) is 0 Å². The van der Waals surface area contributed by atoms with E-state index in [1.165, 1.54) is 0 Å². The summed E-state index contributed by atoms with van der Waals surface area (Å²) in [6.07, 6.45) is 0. The molecule has 9 heteroatoms. The average molecular weight is 331 g/mol. The van der Waals surface area contributed by atoms with Crippen molar-refractivity contribution in [2.45, 2.75) is 0 Å². The Morgan fingerprint density at radius 1 is 0.640 bits per heavy atom. The van der Waals surface area contributed by atoms with Crippen LogP contribution in [-0.2, 0) is 0 Å². The smallest absolute Gasteiger partial charge is 0.147 e. The molecule has 0 unspecified atom stereocenters. The van der Waals surface area contributed by atoms with Gasteiger partial charge in [0.2, 0.25) is 0 Å². The highest BCUT2D eigenvalue weighted by Gasteiger charge is 2.17. The Balaban J connectivity index is 2.39. The molecule has 0 radical (unpaired) electrons. The van der Waals surface area contributed by atoms with Crippen molar-refractivity contribution in [3.63, 3.8) is 0 Å². The Hall–Kier alpha value is -4.06. The number of fused-ring (bicyclic) bond motifs is 6. The van der Waals surface area contributed by atoms with Crippen LogP contribution in [-0.4, -0.2) is 15.0 Å². The second-order valence-electron chi connectivity index (χ2n) is 5.65. The highest BCUT2D eigenvalue weighted by molar-refractivity contribution is 6.23. The van der Waals surface area contributed by atoms with E-state index < -0.39 is 0 Å². The number of anilines is 5. The van der Waals surface area contributed by atoms with Gasteiger partial charge in [0.1, 0.15) is 29.0 Å². The SMILES string of the molecule is N#Cc1cc2c3nc(N)c(N)cc3c3cc(N)c(N)nc3c2nc1N. The molecule has 122 valence electrons. The van der Waals surface area contributed by atoms with Crippen LogP contribution < -0.4 is 28.7 Å². The van der Waals surface area contributed by atoms with Gasteiger partial charge in [-0.2, -0.15) is 5.26 Å². The molecule has 0 bridgehead atoms. The fourth-order valence-corrected chi connectivity index (χ4v) is 2.86. The summed E-state index contributed by atoms with van der Waals surface area (Å²) in [7, 11) is 0. The van der Waals surface area contributed by atoms with Gasteiger partial charge in [-0.3, -0.25) is 0 Å². The summed E-state index contributed by atoms with van der Waals surface area (Å²) in [5, 5.41) is 11.2. The molecule has 0 amide bonds. The highest BCUT2D eigenvalue weighted by Crippen LogP contribution is 2.37. The van der Waals surface area contributed by atoms with E-state index in [1.807, 2.05) is 6.07 Å². The van der Waals surface area contributed by atoms with Gasteiger partial charge in [0.15, 0.2) is 0 Å². The zero-order valence-electron chi connectivity index (χ0n) is 12.9.